The number of amides is 1. The summed E-state index contributed by atoms with van der Waals surface area (Å²) < 4.78 is 25.3. The Balaban J connectivity index is 1.74. The first kappa shape index (κ1) is 20.1. The molecular formula is C21H20FN3O4. The molecule has 0 saturated carbocycles. The van der Waals surface area contributed by atoms with Crippen molar-refractivity contribution in [1.82, 2.24) is 9.78 Å². The van der Waals surface area contributed by atoms with E-state index in [1.54, 1.807) is 25.1 Å². The van der Waals surface area contributed by atoms with Crippen LogP contribution in [0.4, 0.5) is 10.1 Å². The lowest BCUT2D eigenvalue weighted by atomic mass is 10.2. The van der Waals surface area contributed by atoms with Gasteiger partial charge in [-0.15, -0.1) is 5.10 Å². The van der Waals surface area contributed by atoms with Crippen molar-refractivity contribution in [2.24, 2.45) is 0 Å². The van der Waals surface area contributed by atoms with E-state index in [2.05, 4.69) is 10.4 Å². The molecule has 3 aromatic rings. The molecule has 2 aromatic carbocycles. The Hall–Kier alpha value is -3.68. The summed E-state index contributed by atoms with van der Waals surface area (Å²) in [5, 5.41) is 6.86. The average Bonchev–Trinajstić information content (AvgIpc) is 2.71. The van der Waals surface area contributed by atoms with Gasteiger partial charge in [0.2, 0.25) is 5.88 Å². The van der Waals surface area contributed by atoms with Gasteiger partial charge < -0.3 is 14.8 Å². The van der Waals surface area contributed by atoms with Gasteiger partial charge in [-0.3, -0.25) is 9.59 Å². The van der Waals surface area contributed by atoms with Crippen molar-refractivity contribution in [2.75, 3.05) is 11.9 Å². The highest BCUT2D eigenvalue weighted by molar-refractivity contribution is 5.95. The van der Waals surface area contributed by atoms with E-state index in [9.17, 15) is 14.0 Å². The molecule has 0 fully saturated rings. The van der Waals surface area contributed by atoms with Crippen LogP contribution in [-0.2, 0) is 4.79 Å². The van der Waals surface area contributed by atoms with Gasteiger partial charge >= 0.3 is 0 Å². The van der Waals surface area contributed by atoms with Crippen LogP contribution in [0.3, 0.4) is 0 Å². The second-order valence-corrected chi connectivity index (χ2v) is 6.08. The molecule has 0 aliphatic heterocycles. The Morgan fingerprint density at radius 1 is 1.14 bits per heavy atom. The molecule has 7 nitrogen and oxygen atoms in total. The summed E-state index contributed by atoms with van der Waals surface area (Å²) in [5.74, 6) is -0.196. The largest absolute Gasteiger partial charge is 0.492 e. The maximum atomic E-state index is 13.1. The third-order valence-corrected chi connectivity index (χ3v) is 3.96. The minimum atomic E-state index is -0.892. The molecule has 1 heterocycles. The fraction of sp³-hybridized carbons (Fsp3) is 0.190. The van der Waals surface area contributed by atoms with Gasteiger partial charge in [0.1, 0.15) is 11.6 Å². The van der Waals surface area contributed by atoms with E-state index in [4.69, 9.17) is 9.47 Å². The average molecular weight is 397 g/mol. The number of carbonyl (C=O) groups is 1. The zero-order chi connectivity index (χ0) is 20.8. The predicted octanol–water partition coefficient (Wildman–Crippen LogP) is 3.18. The number of para-hydroxylation sites is 2. The third-order valence-electron chi connectivity index (χ3n) is 3.96. The zero-order valence-corrected chi connectivity index (χ0v) is 16.0. The van der Waals surface area contributed by atoms with Crippen molar-refractivity contribution < 1.29 is 18.7 Å². The molecule has 0 unspecified atom stereocenters. The Labute approximate surface area is 166 Å². The summed E-state index contributed by atoms with van der Waals surface area (Å²) in [5.41, 5.74) is 0.496. The number of anilines is 1. The third kappa shape index (κ3) is 4.98. The van der Waals surface area contributed by atoms with Crippen LogP contribution in [0, 0.1) is 5.82 Å². The molecule has 3 rings (SSSR count). The predicted molar refractivity (Wildman–Crippen MR) is 106 cm³/mol. The molecule has 0 saturated heterocycles. The van der Waals surface area contributed by atoms with Crippen LogP contribution >= 0.6 is 0 Å². The van der Waals surface area contributed by atoms with E-state index in [1.807, 2.05) is 13.0 Å². The van der Waals surface area contributed by atoms with Crippen LogP contribution < -0.4 is 20.3 Å². The highest BCUT2D eigenvalue weighted by Gasteiger charge is 2.18. The minimum Gasteiger partial charge on any atom is -0.492 e. The topological polar surface area (TPSA) is 82.5 Å². The molecule has 0 bridgehead atoms. The zero-order valence-electron chi connectivity index (χ0n) is 16.0. The van der Waals surface area contributed by atoms with Crippen molar-refractivity contribution >= 4 is 11.6 Å². The standard InChI is InChI=1S/C21H20FN3O4/c1-3-28-18-7-5-4-6-17(18)23-21(27)14(2)29-19-12-13-20(26)25(24-19)16-10-8-15(22)9-11-16/h4-14H,3H2,1-2H3,(H,23,27)/t14-/m1/s1. The fourth-order valence-corrected chi connectivity index (χ4v) is 2.54. The van der Waals surface area contributed by atoms with Gasteiger partial charge in [0.25, 0.3) is 11.5 Å². The number of hydrogen-bond acceptors (Lipinski definition) is 5. The highest BCUT2D eigenvalue weighted by atomic mass is 19.1. The lowest BCUT2D eigenvalue weighted by Gasteiger charge is -2.16. The van der Waals surface area contributed by atoms with Crippen LogP contribution in [0.5, 0.6) is 11.6 Å². The van der Waals surface area contributed by atoms with Gasteiger partial charge in [-0.25, -0.2) is 4.39 Å². The smallest absolute Gasteiger partial charge is 0.271 e. The molecule has 8 heteroatoms. The number of benzene rings is 2. The van der Waals surface area contributed by atoms with E-state index >= 15 is 0 Å². The first-order valence-corrected chi connectivity index (χ1v) is 9.03. The van der Waals surface area contributed by atoms with E-state index in [0.29, 0.717) is 23.7 Å². The first-order chi connectivity index (χ1) is 14.0. The molecule has 0 radical (unpaired) electrons. The Morgan fingerprint density at radius 3 is 2.59 bits per heavy atom. The molecule has 0 spiro atoms. The number of ether oxygens (including phenoxy) is 2. The number of rotatable bonds is 7. The number of nitrogens with one attached hydrogen (secondary N) is 1. The number of halogens is 1. The molecule has 1 atom stereocenters. The number of hydrogen-bond donors (Lipinski definition) is 1. The van der Waals surface area contributed by atoms with E-state index in [0.717, 1.165) is 4.68 Å². The Kier molecular flexibility index (Phi) is 6.23. The van der Waals surface area contributed by atoms with Gasteiger partial charge in [0.15, 0.2) is 6.10 Å². The van der Waals surface area contributed by atoms with Crippen LogP contribution in [0.25, 0.3) is 5.69 Å². The summed E-state index contributed by atoms with van der Waals surface area (Å²) >= 11 is 0. The number of carbonyl (C=O) groups excluding carboxylic acids is 1. The summed E-state index contributed by atoms with van der Waals surface area (Å²) in [6.07, 6.45) is -0.892. The summed E-state index contributed by atoms with van der Waals surface area (Å²) in [4.78, 5) is 24.6. The van der Waals surface area contributed by atoms with Crippen LogP contribution in [0.2, 0.25) is 0 Å². The lowest BCUT2D eigenvalue weighted by Crippen LogP contribution is -2.31. The lowest BCUT2D eigenvalue weighted by molar-refractivity contribution is -0.122. The summed E-state index contributed by atoms with van der Waals surface area (Å²) in [6.45, 7) is 3.88. The van der Waals surface area contributed by atoms with E-state index < -0.39 is 23.4 Å². The minimum absolute atomic E-state index is 0.0784. The van der Waals surface area contributed by atoms with Crippen molar-refractivity contribution in [1.29, 1.82) is 0 Å². The van der Waals surface area contributed by atoms with Crippen molar-refractivity contribution in [3.05, 3.63) is 76.8 Å². The van der Waals surface area contributed by atoms with Crippen LogP contribution in [-0.4, -0.2) is 28.4 Å². The molecule has 1 N–H and O–H groups in total. The molecule has 150 valence electrons. The maximum absolute atomic E-state index is 13.1. The van der Waals surface area contributed by atoms with Crippen LogP contribution in [0.1, 0.15) is 13.8 Å². The van der Waals surface area contributed by atoms with Gasteiger partial charge in [-0.1, -0.05) is 12.1 Å². The molecule has 0 aliphatic rings. The first-order valence-electron chi connectivity index (χ1n) is 9.03. The summed E-state index contributed by atoms with van der Waals surface area (Å²) in [6, 6.07) is 15.0. The van der Waals surface area contributed by atoms with E-state index in [1.165, 1.54) is 36.4 Å². The quantitative estimate of drug-likeness (QED) is 0.662. The number of nitrogens with zero attached hydrogens (tertiary/aromatic N) is 2. The molecule has 29 heavy (non-hydrogen) atoms. The normalized spacial score (nSPS) is 11.6. The summed E-state index contributed by atoms with van der Waals surface area (Å²) in [7, 11) is 0. The van der Waals surface area contributed by atoms with Gasteiger partial charge in [-0.2, -0.15) is 4.68 Å². The molecule has 0 aliphatic carbocycles. The Morgan fingerprint density at radius 2 is 1.86 bits per heavy atom. The SMILES string of the molecule is CCOc1ccccc1NC(=O)[C@@H](C)Oc1ccc(=O)n(-c2ccc(F)cc2)n1. The maximum Gasteiger partial charge on any atom is 0.271 e. The molecule has 1 aromatic heterocycles. The molecule has 1 amide bonds. The van der Waals surface area contributed by atoms with Gasteiger partial charge in [0.05, 0.1) is 18.0 Å². The van der Waals surface area contributed by atoms with Crippen molar-refractivity contribution in [3.8, 4) is 17.3 Å². The van der Waals surface area contributed by atoms with Gasteiger partial charge in [-0.05, 0) is 50.2 Å². The second kappa shape index (κ2) is 9.01. The number of aromatic nitrogens is 2. The van der Waals surface area contributed by atoms with Crippen molar-refractivity contribution in [2.45, 2.75) is 20.0 Å². The van der Waals surface area contributed by atoms with Crippen molar-refractivity contribution in [3.63, 3.8) is 0 Å². The fourth-order valence-electron chi connectivity index (χ4n) is 2.54. The highest BCUT2D eigenvalue weighted by Crippen LogP contribution is 2.24. The van der Waals surface area contributed by atoms with E-state index in [-0.39, 0.29) is 5.88 Å². The second-order valence-electron chi connectivity index (χ2n) is 6.08. The monoisotopic (exact) mass is 397 g/mol. The Bertz CT molecular complexity index is 1050. The molecular weight excluding hydrogens is 377 g/mol. The van der Waals surface area contributed by atoms with Crippen LogP contribution in [0.15, 0.2) is 65.5 Å². The van der Waals surface area contributed by atoms with Gasteiger partial charge in [0, 0.05) is 12.1 Å².